The van der Waals surface area contributed by atoms with E-state index >= 15 is 0 Å². The lowest BCUT2D eigenvalue weighted by atomic mass is 10.1. The van der Waals surface area contributed by atoms with Gasteiger partial charge in [-0.3, -0.25) is 4.79 Å². The van der Waals surface area contributed by atoms with E-state index in [-0.39, 0.29) is 16.5 Å². The Morgan fingerprint density at radius 3 is 3.15 bits per heavy atom. The van der Waals surface area contributed by atoms with Gasteiger partial charge in [-0.1, -0.05) is 11.6 Å². The largest absolute Gasteiger partial charge is 0.494 e. The predicted octanol–water partition coefficient (Wildman–Crippen LogP) is 1.27. The van der Waals surface area contributed by atoms with Crippen LogP contribution < -0.4 is 21.1 Å². The molecule has 0 saturated carbocycles. The Kier molecular flexibility index (Phi) is 4.09. The molecule has 4 rings (SSSR count). The molecule has 0 aliphatic carbocycles. The number of rotatable bonds is 3. The maximum Gasteiger partial charge on any atom is 0.263 e. The van der Waals surface area contributed by atoms with E-state index in [1.165, 1.54) is 23.9 Å². The van der Waals surface area contributed by atoms with Gasteiger partial charge in [-0.2, -0.15) is 0 Å². The standard InChI is InChI=1S/C16H16ClN7O2/c1-26-11-4-12(17)20-6-10(11)22-16(25)13-14(18)23-24-7-8-5-19-3-2-9(8)21-15(13)24/h4,6-7,19H,2-3,5H2,1H3,(H2,18,23)(H,22,25). The number of fused-ring (bicyclic) bond motifs is 2. The molecule has 1 aliphatic heterocycles. The SMILES string of the molecule is COc1cc(Cl)ncc1NC(=O)c1c(N)nn2cc3c(nc12)CCNC3. The summed E-state index contributed by atoms with van der Waals surface area (Å²) < 4.78 is 6.76. The van der Waals surface area contributed by atoms with E-state index in [2.05, 4.69) is 25.7 Å². The number of methoxy groups -OCH3 is 1. The molecule has 0 bridgehead atoms. The number of carbonyl (C=O) groups excluding carboxylic acids is 1. The Morgan fingerprint density at radius 2 is 2.35 bits per heavy atom. The van der Waals surface area contributed by atoms with Crippen molar-refractivity contribution in [2.24, 2.45) is 0 Å². The number of pyridine rings is 1. The summed E-state index contributed by atoms with van der Waals surface area (Å²) in [6.07, 6.45) is 4.05. The highest BCUT2D eigenvalue weighted by Crippen LogP contribution is 2.27. The fourth-order valence-electron chi connectivity index (χ4n) is 2.93. The zero-order valence-electron chi connectivity index (χ0n) is 13.9. The van der Waals surface area contributed by atoms with Gasteiger partial charge in [-0.15, -0.1) is 5.10 Å². The first-order valence-electron chi connectivity index (χ1n) is 7.95. The molecular weight excluding hydrogens is 358 g/mol. The molecule has 0 atom stereocenters. The van der Waals surface area contributed by atoms with Crippen molar-refractivity contribution >= 4 is 34.7 Å². The topological polar surface area (TPSA) is 119 Å². The van der Waals surface area contributed by atoms with E-state index < -0.39 is 5.91 Å². The van der Waals surface area contributed by atoms with Crippen molar-refractivity contribution in [1.82, 2.24) is 24.9 Å². The van der Waals surface area contributed by atoms with E-state index in [4.69, 9.17) is 22.1 Å². The number of aromatic nitrogens is 4. The maximum absolute atomic E-state index is 12.8. The normalized spacial score (nSPS) is 13.5. The maximum atomic E-state index is 12.8. The van der Waals surface area contributed by atoms with Crippen LogP contribution in [0.2, 0.25) is 5.15 Å². The van der Waals surface area contributed by atoms with Crippen LogP contribution in [0.15, 0.2) is 18.5 Å². The van der Waals surface area contributed by atoms with Crippen molar-refractivity contribution in [1.29, 1.82) is 0 Å². The predicted molar refractivity (Wildman–Crippen MR) is 96.6 cm³/mol. The van der Waals surface area contributed by atoms with Gasteiger partial charge in [-0.05, 0) is 0 Å². The van der Waals surface area contributed by atoms with Crippen LogP contribution in [-0.2, 0) is 13.0 Å². The van der Waals surface area contributed by atoms with E-state index in [0.717, 1.165) is 24.2 Å². The molecule has 134 valence electrons. The molecule has 1 amide bonds. The van der Waals surface area contributed by atoms with Crippen molar-refractivity contribution in [2.75, 3.05) is 24.7 Å². The average Bonchev–Trinajstić information content (AvgIpc) is 2.95. The fraction of sp³-hybridized carbons (Fsp3) is 0.250. The summed E-state index contributed by atoms with van der Waals surface area (Å²) in [6.45, 7) is 1.56. The van der Waals surface area contributed by atoms with Gasteiger partial charge >= 0.3 is 0 Å². The zero-order valence-corrected chi connectivity index (χ0v) is 14.7. The van der Waals surface area contributed by atoms with Crippen molar-refractivity contribution in [3.8, 4) is 5.75 Å². The highest BCUT2D eigenvalue weighted by atomic mass is 35.5. The zero-order chi connectivity index (χ0) is 18.3. The van der Waals surface area contributed by atoms with E-state index in [1.54, 1.807) is 0 Å². The van der Waals surface area contributed by atoms with Crippen LogP contribution in [0.5, 0.6) is 5.75 Å². The number of hydrogen-bond donors (Lipinski definition) is 3. The van der Waals surface area contributed by atoms with Crippen LogP contribution in [0, 0.1) is 0 Å². The minimum absolute atomic E-state index is 0.103. The number of ether oxygens (including phenoxy) is 1. The number of nitrogens with two attached hydrogens (primary N) is 1. The summed E-state index contributed by atoms with van der Waals surface area (Å²) in [7, 11) is 1.48. The number of anilines is 2. The molecule has 0 spiro atoms. The second-order valence-corrected chi connectivity index (χ2v) is 6.22. The van der Waals surface area contributed by atoms with E-state index in [9.17, 15) is 4.79 Å². The summed E-state index contributed by atoms with van der Waals surface area (Å²) >= 11 is 5.85. The molecule has 0 fully saturated rings. The van der Waals surface area contributed by atoms with Crippen molar-refractivity contribution < 1.29 is 9.53 Å². The molecular formula is C16H16ClN7O2. The molecule has 3 aromatic heterocycles. The van der Waals surface area contributed by atoms with Crippen molar-refractivity contribution in [3.05, 3.63) is 40.4 Å². The number of halogens is 1. The van der Waals surface area contributed by atoms with E-state index in [1.807, 2.05) is 6.20 Å². The molecule has 4 N–H and O–H groups in total. The molecule has 26 heavy (non-hydrogen) atoms. The summed E-state index contributed by atoms with van der Waals surface area (Å²) in [6, 6.07) is 1.51. The summed E-state index contributed by atoms with van der Waals surface area (Å²) in [5.74, 6) is 0.0531. The lowest BCUT2D eigenvalue weighted by molar-refractivity contribution is 0.102. The average molecular weight is 374 g/mol. The highest BCUT2D eigenvalue weighted by Gasteiger charge is 2.23. The summed E-state index contributed by atoms with van der Waals surface area (Å²) in [5, 5.41) is 10.5. The quantitative estimate of drug-likeness (QED) is 0.591. The second-order valence-electron chi connectivity index (χ2n) is 5.83. The molecule has 0 radical (unpaired) electrons. The van der Waals surface area contributed by atoms with Crippen LogP contribution in [0.3, 0.4) is 0 Å². The first-order chi connectivity index (χ1) is 12.6. The summed E-state index contributed by atoms with van der Waals surface area (Å²) in [4.78, 5) is 21.4. The first-order valence-corrected chi connectivity index (χ1v) is 8.33. The molecule has 4 heterocycles. The second kappa shape index (κ2) is 6.43. The Bertz CT molecular complexity index is 1020. The lowest BCUT2D eigenvalue weighted by Crippen LogP contribution is -2.25. The Labute approximate surface area is 153 Å². The lowest BCUT2D eigenvalue weighted by Gasteiger charge is -2.16. The molecule has 0 unspecified atom stereocenters. The van der Waals surface area contributed by atoms with Crippen LogP contribution in [-0.4, -0.2) is 39.1 Å². The van der Waals surface area contributed by atoms with Crippen molar-refractivity contribution in [2.45, 2.75) is 13.0 Å². The molecule has 0 aromatic carbocycles. The van der Waals surface area contributed by atoms with Crippen LogP contribution in [0.4, 0.5) is 11.5 Å². The Balaban J connectivity index is 1.74. The van der Waals surface area contributed by atoms with E-state index in [0.29, 0.717) is 23.6 Å². The van der Waals surface area contributed by atoms with Gasteiger partial charge in [0, 0.05) is 37.3 Å². The van der Waals surface area contributed by atoms with Crippen LogP contribution >= 0.6 is 11.6 Å². The van der Waals surface area contributed by atoms with Gasteiger partial charge in [0.05, 0.1) is 19.0 Å². The van der Waals surface area contributed by atoms with Crippen LogP contribution in [0.25, 0.3) is 5.65 Å². The van der Waals surface area contributed by atoms with Gasteiger partial charge in [0.25, 0.3) is 5.91 Å². The molecule has 3 aromatic rings. The van der Waals surface area contributed by atoms with Crippen molar-refractivity contribution in [3.63, 3.8) is 0 Å². The monoisotopic (exact) mass is 373 g/mol. The number of nitrogen functional groups attached to an aromatic ring is 1. The van der Waals surface area contributed by atoms with Gasteiger partial charge in [0.15, 0.2) is 11.5 Å². The minimum Gasteiger partial charge on any atom is -0.494 e. The Hall–Kier alpha value is -2.91. The fourth-order valence-corrected chi connectivity index (χ4v) is 3.08. The first kappa shape index (κ1) is 16.6. The third kappa shape index (κ3) is 2.80. The number of nitrogens with one attached hydrogen (secondary N) is 2. The minimum atomic E-state index is -0.443. The Morgan fingerprint density at radius 1 is 1.50 bits per heavy atom. The molecule has 10 heteroatoms. The molecule has 9 nitrogen and oxygen atoms in total. The number of carbonyl (C=O) groups is 1. The van der Waals surface area contributed by atoms with Gasteiger partial charge < -0.3 is 21.1 Å². The van der Waals surface area contributed by atoms with Gasteiger partial charge in [-0.25, -0.2) is 14.5 Å². The summed E-state index contributed by atoms with van der Waals surface area (Å²) in [5.41, 5.74) is 8.98. The van der Waals surface area contributed by atoms with Gasteiger partial charge in [0.1, 0.15) is 22.2 Å². The molecule has 1 aliphatic rings. The number of hydrogen-bond acceptors (Lipinski definition) is 7. The smallest absolute Gasteiger partial charge is 0.263 e. The third-order valence-electron chi connectivity index (χ3n) is 4.18. The number of nitrogens with zero attached hydrogens (tertiary/aromatic N) is 4. The number of amides is 1. The highest BCUT2D eigenvalue weighted by molar-refractivity contribution is 6.29. The van der Waals surface area contributed by atoms with Crippen LogP contribution in [0.1, 0.15) is 21.6 Å². The molecule has 0 saturated heterocycles. The third-order valence-corrected chi connectivity index (χ3v) is 4.39. The van der Waals surface area contributed by atoms with Gasteiger partial charge in [0.2, 0.25) is 0 Å².